The van der Waals surface area contributed by atoms with Gasteiger partial charge in [0.2, 0.25) is 0 Å². The molecule has 1 heterocycles. The predicted octanol–water partition coefficient (Wildman–Crippen LogP) is 7.84. The Bertz CT molecular complexity index is 2080. The molecule has 1 saturated heterocycles. The Morgan fingerprint density at radius 2 is 1.63 bits per heavy atom. The average Bonchev–Trinajstić information content (AvgIpc) is 3.13. The number of nitrogens with zero attached hydrogens (tertiary/aromatic N) is 3. The van der Waals surface area contributed by atoms with E-state index in [0.29, 0.717) is 22.8 Å². The number of fused-ring (bicyclic) bond motifs is 2. The molecular formula is C40H44ClN5O5S. The number of amides is 1. The first-order valence-corrected chi connectivity index (χ1v) is 19.7. The van der Waals surface area contributed by atoms with Crippen molar-refractivity contribution in [1.82, 2.24) is 9.62 Å². The van der Waals surface area contributed by atoms with E-state index in [9.17, 15) is 23.3 Å². The molecule has 8 rings (SSSR count). The molecular weight excluding hydrogens is 698 g/mol. The van der Waals surface area contributed by atoms with Gasteiger partial charge in [0.25, 0.3) is 21.6 Å². The highest BCUT2D eigenvalue weighted by atomic mass is 35.5. The van der Waals surface area contributed by atoms with Crippen LogP contribution in [0.3, 0.4) is 0 Å². The van der Waals surface area contributed by atoms with Crippen molar-refractivity contribution in [2.75, 3.05) is 36.4 Å². The third kappa shape index (κ3) is 7.14. The number of carbonyl (C=O) groups is 1. The quantitative estimate of drug-likeness (QED) is 0.125. The molecule has 0 aromatic heterocycles. The largest absolute Gasteiger partial charge is 0.376 e. The van der Waals surface area contributed by atoms with Gasteiger partial charge in [-0.3, -0.25) is 19.8 Å². The highest BCUT2D eigenvalue weighted by Gasteiger charge is 2.56. The summed E-state index contributed by atoms with van der Waals surface area (Å²) < 4.78 is 28.6. The van der Waals surface area contributed by atoms with Crippen molar-refractivity contribution in [3.05, 3.63) is 117 Å². The van der Waals surface area contributed by atoms with Crippen LogP contribution in [0, 0.1) is 33.3 Å². The summed E-state index contributed by atoms with van der Waals surface area (Å²) in [5.74, 6) is 0.614. The van der Waals surface area contributed by atoms with Gasteiger partial charge in [0, 0.05) is 61.1 Å². The Morgan fingerprint density at radius 1 is 0.942 bits per heavy atom. The van der Waals surface area contributed by atoms with Gasteiger partial charge in [-0.05, 0) is 101 Å². The van der Waals surface area contributed by atoms with Crippen LogP contribution in [0.5, 0.6) is 0 Å². The number of carbonyl (C=O) groups excluding carboxylic acids is 1. The lowest BCUT2D eigenvalue weighted by molar-refractivity contribution is -0.384. The van der Waals surface area contributed by atoms with Crippen molar-refractivity contribution < 1.29 is 18.1 Å². The lowest BCUT2D eigenvalue weighted by atomic mass is 9.45. The molecule has 2 bridgehead atoms. The number of benzene rings is 4. The van der Waals surface area contributed by atoms with E-state index in [-0.39, 0.29) is 33.3 Å². The van der Waals surface area contributed by atoms with Crippen LogP contribution in [0.2, 0.25) is 5.02 Å². The van der Waals surface area contributed by atoms with Crippen molar-refractivity contribution in [1.29, 1.82) is 0 Å². The number of nitro groups is 1. The second-order valence-corrected chi connectivity index (χ2v) is 17.2. The van der Waals surface area contributed by atoms with Gasteiger partial charge >= 0.3 is 0 Å². The van der Waals surface area contributed by atoms with Gasteiger partial charge in [-0.15, -0.1) is 0 Å². The molecule has 4 aliphatic rings. The fourth-order valence-electron chi connectivity index (χ4n) is 8.53. The fraction of sp³-hybridized carbons (Fsp3) is 0.375. The van der Waals surface area contributed by atoms with Gasteiger partial charge in [-0.25, -0.2) is 13.1 Å². The molecule has 52 heavy (non-hydrogen) atoms. The third-order valence-electron chi connectivity index (χ3n) is 11.8. The standard InChI is InChI=1S/C40H44ClN5O5S/c1-26-35-22-30(40(35,2)3)23-37(26)42-36-17-16-33(24-38(36)46(48)49)52(50,51)43-39(47)28-10-14-32(15-11-28)45-20-18-44(19-21-45)25-29-6-4-5-7-34(29)27-8-12-31(41)13-9-27/h4-17,24,26,30,35,37,42H,18-23,25H2,1-3H3,(H,43,47)/t26-,30+,35+,37+/m0/s1. The van der Waals surface area contributed by atoms with Gasteiger partial charge in [0.15, 0.2) is 0 Å². The number of piperazine rings is 1. The molecule has 4 atom stereocenters. The molecule has 272 valence electrons. The number of nitrogens with one attached hydrogen (secondary N) is 2. The van der Waals surface area contributed by atoms with E-state index >= 15 is 0 Å². The minimum atomic E-state index is -4.38. The molecule has 1 aliphatic heterocycles. The first-order valence-electron chi connectivity index (χ1n) is 17.8. The highest BCUT2D eigenvalue weighted by molar-refractivity contribution is 7.90. The predicted molar refractivity (Wildman–Crippen MR) is 205 cm³/mol. The molecule has 0 unspecified atom stereocenters. The van der Waals surface area contributed by atoms with E-state index in [4.69, 9.17) is 11.6 Å². The number of halogens is 1. The zero-order valence-corrected chi connectivity index (χ0v) is 31.2. The Morgan fingerprint density at radius 3 is 2.29 bits per heavy atom. The number of hydrogen-bond acceptors (Lipinski definition) is 8. The van der Waals surface area contributed by atoms with E-state index in [1.807, 2.05) is 42.5 Å². The monoisotopic (exact) mass is 741 g/mol. The van der Waals surface area contributed by atoms with Crippen LogP contribution in [0.1, 0.15) is 49.5 Å². The normalized spacial score (nSPS) is 22.7. The van der Waals surface area contributed by atoms with Crippen LogP contribution >= 0.6 is 11.6 Å². The zero-order valence-electron chi connectivity index (χ0n) is 29.6. The van der Waals surface area contributed by atoms with E-state index in [2.05, 4.69) is 58.8 Å². The maximum absolute atomic E-state index is 13.3. The number of nitro benzene ring substituents is 1. The van der Waals surface area contributed by atoms with Gasteiger partial charge in [-0.2, -0.15) is 0 Å². The van der Waals surface area contributed by atoms with E-state index in [1.165, 1.54) is 29.7 Å². The molecule has 4 aromatic carbocycles. The Labute approximate surface area is 310 Å². The Hall–Kier alpha value is -4.45. The Kier molecular flexibility index (Phi) is 9.79. The summed E-state index contributed by atoms with van der Waals surface area (Å²) in [6, 6.07) is 27.0. The molecule has 3 aliphatic carbocycles. The highest BCUT2D eigenvalue weighted by Crippen LogP contribution is 2.61. The smallest absolute Gasteiger partial charge is 0.293 e. The second kappa shape index (κ2) is 14.2. The van der Waals surface area contributed by atoms with Crippen LogP contribution in [0.15, 0.2) is 95.9 Å². The van der Waals surface area contributed by atoms with Crippen molar-refractivity contribution in [2.45, 2.75) is 51.1 Å². The molecule has 12 heteroatoms. The maximum atomic E-state index is 13.3. The Balaban J connectivity index is 0.956. The van der Waals surface area contributed by atoms with Crippen molar-refractivity contribution in [3.63, 3.8) is 0 Å². The third-order valence-corrected chi connectivity index (χ3v) is 13.4. The number of rotatable bonds is 10. The summed E-state index contributed by atoms with van der Waals surface area (Å²) in [6.07, 6.45) is 2.08. The molecule has 2 N–H and O–H groups in total. The number of sulfonamides is 1. The first kappa shape index (κ1) is 35.9. The molecule has 3 saturated carbocycles. The van der Waals surface area contributed by atoms with E-state index in [0.717, 1.165) is 56.5 Å². The topological polar surface area (TPSA) is 125 Å². The second-order valence-electron chi connectivity index (χ2n) is 15.1. The molecule has 4 fully saturated rings. The van der Waals surface area contributed by atoms with Gasteiger partial charge in [0.1, 0.15) is 5.69 Å². The van der Waals surface area contributed by atoms with Crippen LogP contribution in [0.25, 0.3) is 11.1 Å². The lowest BCUT2D eigenvalue weighted by Crippen LogP contribution is -2.58. The molecule has 1 amide bonds. The first-order chi connectivity index (χ1) is 24.8. The SMILES string of the molecule is C[C@H]1[C@H]2C[C@H](C[C@H]1Nc1ccc(S(=O)(=O)NC(=O)c3ccc(N4CCN(Cc5ccccc5-c5ccc(Cl)cc5)CC4)cc3)cc1[N+](=O)[O-])C2(C)C. The van der Waals surface area contributed by atoms with Crippen LogP contribution in [-0.2, 0) is 16.6 Å². The van der Waals surface area contributed by atoms with Gasteiger partial charge in [0.05, 0.1) is 9.82 Å². The van der Waals surface area contributed by atoms with Crippen molar-refractivity contribution in [3.8, 4) is 11.1 Å². The number of anilines is 2. The molecule has 0 radical (unpaired) electrons. The van der Waals surface area contributed by atoms with Crippen LogP contribution < -0.4 is 14.9 Å². The van der Waals surface area contributed by atoms with Crippen molar-refractivity contribution >= 4 is 44.6 Å². The summed E-state index contributed by atoms with van der Waals surface area (Å²) in [5.41, 5.74) is 4.89. The maximum Gasteiger partial charge on any atom is 0.293 e. The van der Waals surface area contributed by atoms with Crippen molar-refractivity contribution in [2.24, 2.45) is 23.2 Å². The minimum absolute atomic E-state index is 0.0627. The summed E-state index contributed by atoms with van der Waals surface area (Å²) in [7, 11) is -4.38. The summed E-state index contributed by atoms with van der Waals surface area (Å²) in [5, 5.41) is 16.1. The van der Waals surface area contributed by atoms with E-state index in [1.54, 1.807) is 12.1 Å². The summed E-state index contributed by atoms with van der Waals surface area (Å²) >= 11 is 6.11. The van der Waals surface area contributed by atoms with Crippen LogP contribution in [-0.4, -0.2) is 56.4 Å². The van der Waals surface area contributed by atoms with Gasteiger partial charge in [-0.1, -0.05) is 68.8 Å². The lowest BCUT2D eigenvalue weighted by Gasteiger charge is -2.62. The summed E-state index contributed by atoms with van der Waals surface area (Å²) in [6.45, 7) is 10.9. The van der Waals surface area contributed by atoms with Gasteiger partial charge < -0.3 is 10.2 Å². The minimum Gasteiger partial charge on any atom is -0.376 e. The molecule has 4 aromatic rings. The zero-order chi connectivity index (χ0) is 36.8. The number of hydrogen-bond donors (Lipinski definition) is 2. The summed E-state index contributed by atoms with van der Waals surface area (Å²) in [4.78, 5) is 28.9. The fourth-order valence-corrected chi connectivity index (χ4v) is 9.65. The average molecular weight is 742 g/mol. The van der Waals surface area contributed by atoms with E-state index < -0.39 is 20.9 Å². The molecule has 10 nitrogen and oxygen atoms in total. The molecule has 0 spiro atoms. The van der Waals surface area contributed by atoms with Crippen LogP contribution in [0.4, 0.5) is 17.1 Å².